The van der Waals surface area contributed by atoms with Gasteiger partial charge in [0, 0.05) is 10.6 Å². The maximum atomic E-state index is 13.1. The number of hydrogen-bond donors (Lipinski definition) is 0. The first-order valence-corrected chi connectivity index (χ1v) is 5.48. The summed E-state index contributed by atoms with van der Waals surface area (Å²) in [5.74, 6) is -0.188. The summed E-state index contributed by atoms with van der Waals surface area (Å²) in [6.45, 7) is 7.90. The molecule has 1 aromatic carbocycles. The first-order valence-electron chi connectivity index (χ1n) is 5.10. The lowest BCUT2D eigenvalue weighted by molar-refractivity contribution is 0.607. The van der Waals surface area contributed by atoms with Crippen LogP contribution in [0, 0.1) is 12.7 Å². The Morgan fingerprint density at radius 1 is 1.29 bits per heavy atom. The van der Waals surface area contributed by atoms with Crippen molar-refractivity contribution in [3.63, 3.8) is 0 Å². The second-order valence-corrected chi connectivity index (χ2v) is 3.28. The highest BCUT2D eigenvalue weighted by Crippen LogP contribution is 2.24. The Morgan fingerprint density at radius 2 is 1.86 bits per heavy atom. The van der Waals surface area contributed by atoms with Gasteiger partial charge in [0.25, 0.3) is 0 Å². The van der Waals surface area contributed by atoms with Crippen LogP contribution in [0.3, 0.4) is 0 Å². The van der Waals surface area contributed by atoms with Gasteiger partial charge in [-0.15, -0.1) is 0 Å². The molecular weight excluding hydrogens is 199 g/mol. The maximum absolute atomic E-state index is 13.1. The molecule has 80 valence electrons. The molecule has 0 nitrogen and oxygen atoms in total. The van der Waals surface area contributed by atoms with E-state index in [1.807, 2.05) is 27.7 Å². The highest BCUT2D eigenvalue weighted by molar-refractivity contribution is 6.32. The molecular formula is C12H18ClF. The van der Waals surface area contributed by atoms with Crippen LogP contribution in [-0.4, -0.2) is 0 Å². The summed E-state index contributed by atoms with van der Waals surface area (Å²) in [7, 11) is 0. The summed E-state index contributed by atoms with van der Waals surface area (Å²) in [4.78, 5) is 0. The largest absolute Gasteiger partial charge is 0.207 e. The molecule has 2 heteroatoms. The normalized spacial score (nSPS) is 9.29. The average molecular weight is 217 g/mol. The molecule has 0 saturated heterocycles. The van der Waals surface area contributed by atoms with E-state index in [0.717, 1.165) is 12.0 Å². The minimum atomic E-state index is -0.188. The van der Waals surface area contributed by atoms with Gasteiger partial charge in [0.2, 0.25) is 0 Å². The Labute approximate surface area is 91.1 Å². The van der Waals surface area contributed by atoms with Gasteiger partial charge < -0.3 is 0 Å². The van der Waals surface area contributed by atoms with Crippen LogP contribution in [-0.2, 0) is 6.42 Å². The first-order chi connectivity index (χ1) is 6.66. The van der Waals surface area contributed by atoms with Crippen LogP contribution in [0.2, 0.25) is 5.02 Å². The van der Waals surface area contributed by atoms with Crippen molar-refractivity contribution in [2.75, 3.05) is 0 Å². The molecule has 0 aliphatic carbocycles. The predicted octanol–water partition coefficient (Wildman–Crippen LogP) is 4.77. The van der Waals surface area contributed by atoms with Gasteiger partial charge in [0.05, 0.1) is 0 Å². The molecule has 0 N–H and O–H groups in total. The smallest absolute Gasteiger partial charge is 0.127 e. The Balaban J connectivity index is 0.000000791. The molecule has 0 bridgehead atoms. The quantitative estimate of drug-likeness (QED) is 0.668. The van der Waals surface area contributed by atoms with Crippen LogP contribution in [0.4, 0.5) is 4.39 Å². The monoisotopic (exact) mass is 216 g/mol. The van der Waals surface area contributed by atoms with Crippen LogP contribution in [0.1, 0.15) is 38.3 Å². The van der Waals surface area contributed by atoms with E-state index in [0.29, 0.717) is 17.0 Å². The molecule has 0 fully saturated rings. The Kier molecular flexibility index (Phi) is 6.56. The van der Waals surface area contributed by atoms with E-state index in [1.54, 1.807) is 6.07 Å². The van der Waals surface area contributed by atoms with Crippen LogP contribution in [0.5, 0.6) is 0 Å². The van der Waals surface area contributed by atoms with E-state index >= 15 is 0 Å². The van der Waals surface area contributed by atoms with E-state index in [2.05, 4.69) is 0 Å². The molecule has 1 aromatic rings. The molecule has 14 heavy (non-hydrogen) atoms. The lowest BCUT2D eigenvalue weighted by atomic mass is 10.1. The van der Waals surface area contributed by atoms with Gasteiger partial charge in [-0.1, -0.05) is 44.9 Å². The lowest BCUT2D eigenvalue weighted by Gasteiger charge is -2.06. The number of halogens is 2. The van der Waals surface area contributed by atoms with E-state index in [4.69, 9.17) is 11.6 Å². The maximum Gasteiger partial charge on any atom is 0.127 e. The molecule has 0 heterocycles. The molecule has 1 rings (SSSR count). The number of hydrogen-bond acceptors (Lipinski definition) is 0. The lowest BCUT2D eigenvalue weighted by Crippen LogP contribution is -1.92. The van der Waals surface area contributed by atoms with Crippen molar-refractivity contribution >= 4 is 11.6 Å². The number of benzene rings is 1. The molecule has 0 radical (unpaired) electrons. The van der Waals surface area contributed by atoms with Crippen molar-refractivity contribution in [2.45, 2.75) is 40.5 Å². The van der Waals surface area contributed by atoms with Gasteiger partial charge in [0.1, 0.15) is 5.82 Å². The summed E-state index contributed by atoms with van der Waals surface area (Å²) < 4.78 is 13.1. The van der Waals surface area contributed by atoms with Crippen molar-refractivity contribution in [1.82, 2.24) is 0 Å². The van der Waals surface area contributed by atoms with Gasteiger partial charge in [-0.2, -0.15) is 0 Å². The zero-order valence-corrected chi connectivity index (χ0v) is 10.1. The van der Waals surface area contributed by atoms with Gasteiger partial charge in [-0.3, -0.25) is 0 Å². The molecule has 0 aliphatic rings. The molecule has 0 aromatic heterocycles. The summed E-state index contributed by atoms with van der Waals surface area (Å²) >= 11 is 5.94. The predicted molar refractivity (Wildman–Crippen MR) is 61.5 cm³/mol. The molecule has 0 saturated carbocycles. The van der Waals surface area contributed by atoms with Gasteiger partial charge in [-0.05, 0) is 25.0 Å². The van der Waals surface area contributed by atoms with E-state index in [9.17, 15) is 4.39 Å². The fraction of sp³-hybridized carbons (Fsp3) is 0.500. The second-order valence-electron chi connectivity index (χ2n) is 2.91. The first kappa shape index (κ1) is 13.4. The number of aryl methyl sites for hydroxylation is 1. The van der Waals surface area contributed by atoms with Crippen molar-refractivity contribution in [3.8, 4) is 0 Å². The van der Waals surface area contributed by atoms with E-state index in [1.165, 1.54) is 6.07 Å². The number of rotatable bonds is 2. The third-order valence-electron chi connectivity index (χ3n) is 1.88. The summed E-state index contributed by atoms with van der Waals surface area (Å²) in [5.41, 5.74) is 1.60. The van der Waals surface area contributed by atoms with Crippen LogP contribution < -0.4 is 0 Å². The van der Waals surface area contributed by atoms with Gasteiger partial charge in [-0.25, -0.2) is 4.39 Å². The van der Waals surface area contributed by atoms with E-state index < -0.39 is 0 Å². The third kappa shape index (κ3) is 3.30. The minimum absolute atomic E-state index is 0.188. The summed E-state index contributed by atoms with van der Waals surface area (Å²) in [6.07, 6.45) is 1.63. The summed E-state index contributed by atoms with van der Waals surface area (Å²) in [5, 5.41) is 0.580. The Bertz CT molecular complexity index is 282. The third-order valence-corrected chi connectivity index (χ3v) is 2.41. The Hall–Kier alpha value is -0.560. The fourth-order valence-electron chi connectivity index (χ4n) is 1.19. The molecule has 0 spiro atoms. The Morgan fingerprint density at radius 3 is 2.36 bits per heavy atom. The highest BCUT2D eigenvalue weighted by Gasteiger charge is 2.07. The van der Waals surface area contributed by atoms with Gasteiger partial charge in [0.15, 0.2) is 0 Å². The topological polar surface area (TPSA) is 0 Å². The molecule has 0 atom stereocenters. The van der Waals surface area contributed by atoms with Crippen molar-refractivity contribution < 1.29 is 4.39 Å². The van der Waals surface area contributed by atoms with Crippen LogP contribution in [0.15, 0.2) is 12.1 Å². The zero-order valence-electron chi connectivity index (χ0n) is 9.32. The standard InChI is InChI=1S/C10H12ClF.C2H6/c1-3-4-8-9(12)6-5-7(2)10(8)11;1-2/h5-6H,3-4H2,1-2H3;1-2H3. The molecule has 0 aliphatic heterocycles. The SMILES string of the molecule is CC.CCCc1c(F)ccc(C)c1Cl. The van der Waals surface area contributed by atoms with E-state index in [-0.39, 0.29) is 5.82 Å². The summed E-state index contributed by atoms with van der Waals surface area (Å²) in [6, 6.07) is 3.18. The van der Waals surface area contributed by atoms with Crippen molar-refractivity contribution in [3.05, 3.63) is 34.1 Å². The molecule has 0 unspecified atom stereocenters. The van der Waals surface area contributed by atoms with Crippen molar-refractivity contribution in [2.24, 2.45) is 0 Å². The van der Waals surface area contributed by atoms with Crippen LogP contribution in [0.25, 0.3) is 0 Å². The van der Waals surface area contributed by atoms with Crippen molar-refractivity contribution in [1.29, 1.82) is 0 Å². The van der Waals surface area contributed by atoms with Gasteiger partial charge >= 0.3 is 0 Å². The highest BCUT2D eigenvalue weighted by atomic mass is 35.5. The van der Waals surface area contributed by atoms with Crippen LogP contribution >= 0.6 is 11.6 Å². The fourth-order valence-corrected chi connectivity index (χ4v) is 1.44. The minimum Gasteiger partial charge on any atom is -0.207 e. The second kappa shape index (κ2) is 6.83. The zero-order chi connectivity index (χ0) is 11.1. The molecule has 0 amide bonds. The average Bonchev–Trinajstić information content (AvgIpc) is 2.22.